The van der Waals surface area contributed by atoms with Crippen LogP contribution in [0.5, 0.6) is 0 Å². The predicted octanol–water partition coefficient (Wildman–Crippen LogP) is 4.06. The van der Waals surface area contributed by atoms with E-state index >= 15 is 0 Å². The molecule has 2 heteroatoms. The Morgan fingerprint density at radius 2 is 1.58 bits per heavy atom. The van der Waals surface area contributed by atoms with Gasteiger partial charge < -0.3 is 10.6 Å². The molecular formula is C17H38N2. The van der Waals surface area contributed by atoms with Crippen LogP contribution in [0.1, 0.15) is 67.2 Å². The molecule has 0 saturated carbocycles. The largest absolute Gasteiger partial charge is 0.315 e. The third-order valence-corrected chi connectivity index (χ3v) is 3.70. The molecule has 2 N–H and O–H groups in total. The molecule has 0 aromatic heterocycles. The molecule has 0 aliphatic carbocycles. The smallest absolute Gasteiger partial charge is 0.00769 e. The first-order valence-corrected chi connectivity index (χ1v) is 8.29. The van der Waals surface area contributed by atoms with Crippen molar-refractivity contribution >= 4 is 0 Å². The molecule has 0 rings (SSSR count). The van der Waals surface area contributed by atoms with Gasteiger partial charge in [0.2, 0.25) is 0 Å². The van der Waals surface area contributed by atoms with Crippen molar-refractivity contribution in [2.24, 2.45) is 17.3 Å². The zero-order chi connectivity index (χ0) is 14.7. The van der Waals surface area contributed by atoms with E-state index in [1.807, 2.05) is 0 Å². The fourth-order valence-corrected chi connectivity index (χ4v) is 2.55. The Morgan fingerprint density at radius 3 is 2.16 bits per heavy atom. The van der Waals surface area contributed by atoms with E-state index in [4.69, 9.17) is 0 Å². The Labute approximate surface area is 122 Å². The fraction of sp³-hybridized carbons (Fsp3) is 1.00. The summed E-state index contributed by atoms with van der Waals surface area (Å²) >= 11 is 0. The van der Waals surface area contributed by atoms with Crippen LogP contribution in [-0.2, 0) is 0 Å². The molecule has 0 spiro atoms. The maximum absolute atomic E-state index is 3.59. The summed E-state index contributed by atoms with van der Waals surface area (Å²) in [7, 11) is 0. The highest BCUT2D eigenvalue weighted by Gasteiger charge is 2.18. The Balaban J connectivity index is 3.62. The van der Waals surface area contributed by atoms with E-state index in [0.29, 0.717) is 5.41 Å². The van der Waals surface area contributed by atoms with Crippen LogP contribution >= 0.6 is 0 Å². The van der Waals surface area contributed by atoms with Crippen LogP contribution in [0.3, 0.4) is 0 Å². The van der Waals surface area contributed by atoms with Crippen LogP contribution in [0.2, 0.25) is 0 Å². The number of hydrogen-bond donors (Lipinski definition) is 2. The van der Waals surface area contributed by atoms with Crippen molar-refractivity contribution in [2.45, 2.75) is 67.2 Å². The zero-order valence-corrected chi connectivity index (χ0v) is 14.3. The maximum Gasteiger partial charge on any atom is 0.00769 e. The molecule has 0 bridgehead atoms. The monoisotopic (exact) mass is 270 g/mol. The first-order valence-electron chi connectivity index (χ1n) is 8.29. The van der Waals surface area contributed by atoms with Gasteiger partial charge in [-0.2, -0.15) is 0 Å². The lowest BCUT2D eigenvalue weighted by Gasteiger charge is -2.27. The molecule has 0 amide bonds. The van der Waals surface area contributed by atoms with Crippen LogP contribution in [0.25, 0.3) is 0 Å². The Kier molecular flexibility index (Phi) is 10.6. The summed E-state index contributed by atoms with van der Waals surface area (Å²) in [5, 5.41) is 7.02. The second-order valence-electron chi connectivity index (χ2n) is 7.36. The van der Waals surface area contributed by atoms with Gasteiger partial charge >= 0.3 is 0 Å². The molecular weight excluding hydrogens is 232 g/mol. The van der Waals surface area contributed by atoms with Crippen molar-refractivity contribution in [2.75, 3.05) is 26.2 Å². The molecule has 2 nitrogen and oxygen atoms in total. The first-order chi connectivity index (χ1) is 8.87. The molecule has 0 radical (unpaired) electrons. The van der Waals surface area contributed by atoms with Crippen molar-refractivity contribution < 1.29 is 0 Å². The van der Waals surface area contributed by atoms with Crippen LogP contribution in [-0.4, -0.2) is 26.2 Å². The van der Waals surface area contributed by atoms with Gasteiger partial charge in [-0.1, -0.05) is 48.0 Å². The normalized spacial score (nSPS) is 14.1. The molecule has 0 heterocycles. The lowest BCUT2D eigenvalue weighted by molar-refractivity contribution is 0.272. The van der Waals surface area contributed by atoms with Crippen LogP contribution < -0.4 is 10.6 Å². The Hall–Kier alpha value is -0.0800. The quantitative estimate of drug-likeness (QED) is 0.523. The van der Waals surface area contributed by atoms with Gasteiger partial charge in [0, 0.05) is 19.6 Å². The van der Waals surface area contributed by atoms with Crippen LogP contribution in [0.15, 0.2) is 0 Å². The number of nitrogens with one attached hydrogen (secondary N) is 2. The highest BCUT2D eigenvalue weighted by molar-refractivity contribution is 4.73. The van der Waals surface area contributed by atoms with E-state index in [9.17, 15) is 0 Å². The van der Waals surface area contributed by atoms with E-state index in [1.54, 1.807) is 0 Å². The van der Waals surface area contributed by atoms with E-state index in [0.717, 1.165) is 38.0 Å². The van der Waals surface area contributed by atoms with E-state index < -0.39 is 0 Å². The second-order valence-corrected chi connectivity index (χ2v) is 7.36. The van der Waals surface area contributed by atoms with Gasteiger partial charge in [-0.05, 0) is 43.1 Å². The van der Waals surface area contributed by atoms with Gasteiger partial charge in [0.05, 0.1) is 0 Å². The third-order valence-electron chi connectivity index (χ3n) is 3.70. The standard InChI is InChI=1S/C17H38N2/c1-7-10-18-11-12-19-14-17(5,6)9-8-16(4)13-15(2)3/h15-16,18-19H,7-14H2,1-6H3. The third kappa shape index (κ3) is 12.7. The summed E-state index contributed by atoms with van der Waals surface area (Å²) in [6.07, 6.45) is 5.28. The maximum atomic E-state index is 3.59. The lowest BCUT2D eigenvalue weighted by atomic mass is 9.83. The molecule has 0 aliphatic rings. The van der Waals surface area contributed by atoms with Gasteiger partial charge in [-0.15, -0.1) is 0 Å². The van der Waals surface area contributed by atoms with E-state index in [2.05, 4.69) is 52.2 Å². The minimum Gasteiger partial charge on any atom is -0.315 e. The molecule has 0 aliphatic heterocycles. The average molecular weight is 271 g/mol. The minimum absolute atomic E-state index is 0.427. The lowest BCUT2D eigenvalue weighted by Crippen LogP contribution is -2.34. The van der Waals surface area contributed by atoms with Crippen molar-refractivity contribution in [3.63, 3.8) is 0 Å². The Morgan fingerprint density at radius 1 is 0.947 bits per heavy atom. The Bertz CT molecular complexity index is 199. The van der Waals surface area contributed by atoms with Crippen molar-refractivity contribution in [3.05, 3.63) is 0 Å². The second kappa shape index (κ2) is 10.7. The molecule has 0 aromatic carbocycles. The number of rotatable bonds is 12. The van der Waals surface area contributed by atoms with Gasteiger partial charge in [-0.25, -0.2) is 0 Å². The average Bonchev–Trinajstić information content (AvgIpc) is 2.30. The predicted molar refractivity (Wildman–Crippen MR) is 87.7 cm³/mol. The fourth-order valence-electron chi connectivity index (χ4n) is 2.55. The minimum atomic E-state index is 0.427. The summed E-state index contributed by atoms with van der Waals surface area (Å²) < 4.78 is 0. The summed E-state index contributed by atoms with van der Waals surface area (Å²) in [4.78, 5) is 0. The summed E-state index contributed by atoms with van der Waals surface area (Å²) in [6.45, 7) is 18.5. The summed E-state index contributed by atoms with van der Waals surface area (Å²) in [6, 6.07) is 0. The number of hydrogen-bond acceptors (Lipinski definition) is 2. The molecule has 116 valence electrons. The zero-order valence-electron chi connectivity index (χ0n) is 14.3. The van der Waals surface area contributed by atoms with Crippen LogP contribution in [0.4, 0.5) is 0 Å². The molecule has 0 fully saturated rings. The molecule has 19 heavy (non-hydrogen) atoms. The van der Waals surface area contributed by atoms with Crippen molar-refractivity contribution in [1.29, 1.82) is 0 Å². The van der Waals surface area contributed by atoms with Gasteiger partial charge in [-0.3, -0.25) is 0 Å². The van der Waals surface area contributed by atoms with E-state index in [-0.39, 0.29) is 0 Å². The van der Waals surface area contributed by atoms with Crippen molar-refractivity contribution in [3.8, 4) is 0 Å². The molecule has 1 unspecified atom stereocenters. The highest BCUT2D eigenvalue weighted by Crippen LogP contribution is 2.26. The summed E-state index contributed by atoms with van der Waals surface area (Å²) in [5.74, 6) is 1.70. The van der Waals surface area contributed by atoms with Crippen LogP contribution in [0, 0.1) is 17.3 Å². The van der Waals surface area contributed by atoms with Gasteiger partial charge in [0.15, 0.2) is 0 Å². The molecule has 1 atom stereocenters. The molecule has 0 aromatic rings. The molecule has 0 saturated heterocycles. The van der Waals surface area contributed by atoms with Gasteiger partial charge in [0.1, 0.15) is 0 Å². The SMILES string of the molecule is CCCNCCNCC(C)(C)CCC(C)CC(C)C. The first kappa shape index (κ1) is 18.9. The highest BCUT2D eigenvalue weighted by atomic mass is 14.9. The van der Waals surface area contributed by atoms with Gasteiger partial charge in [0.25, 0.3) is 0 Å². The van der Waals surface area contributed by atoms with Crippen molar-refractivity contribution in [1.82, 2.24) is 10.6 Å². The summed E-state index contributed by atoms with van der Waals surface area (Å²) in [5.41, 5.74) is 0.427. The topological polar surface area (TPSA) is 24.1 Å². The van der Waals surface area contributed by atoms with E-state index in [1.165, 1.54) is 25.7 Å².